The summed E-state index contributed by atoms with van der Waals surface area (Å²) in [6, 6.07) is 7.56. The SMILES string of the molecule is CN=C(NCC1(c2ccc(F)cc2)CCOCC1)N1CCC(N2CCOCC2)C1. The van der Waals surface area contributed by atoms with Crippen LogP contribution >= 0.6 is 0 Å². The monoisotopic (exact) mass is 404 g/mol. The third-order valence-corrected chi connectivity index (χ3v) is 6.73. The van der Waals surface area contributed by atoms with Crippen LogP contribution in [0.15, 0.2) is 29.3 Å². The molecule has 1 aromatic carbocycles. The van der Waals surface area contributed by atoms with Crippen molar-refractivity contribution in [1.29, 1.82) is 0 Å². The van der Waals surface area contributed by atoms with Gasteiger partial charge in [-0.3, -0.25) is 9.89 Å². The molecule has 1 atom stereocenters. The van der Waals surface area contributed by atoms with Gasteiger partial charge in [0.1, 0.15) is 5.82 Å². The quantitative estimate of drug-likeness (QED) is 0.613. The minimum absolute atomic E-state index is 0.0504. The van der Waals surface area contributed by atoms with Crippen molar-refractivity contribution in [2.45, 2.75) is 30.7 Å². The summed E-state index contributed by atoms with van der Waals surface area (Å²) >= 11 is 0. The highest BCUT2D eigenvalue weighted by atomic mass is 19.1. The highest BCUT2D eigenvalue weighted by molar-refractivity contribution is 5.80. The lowest BCUT2D eigenvalue weighted by Gasteiger charge is -2.39. The van der Waals surface area contributed by atoms with Crippen molar-refractivity contribution in [3.05, 3.63) is 35.6 Å². The van der Waals surface area contributed by atoms with Crippen molar-refractivity contribution in [1.82, 2.24) is 15.1 Å². The number of hydrogen-bond donors (Lipinski definition) is 1. The highest BCUT2D eigenvalue weighted by Gasteiger charge is 2.36. The van der Waals surface area contributed by atoms with E-state index in [9.17, 15) is 4.39 Å². The maximum absolute atomic E-state index is 13.5. The van der Waals surface area contributed by atoms with Crippen LogP contribution in [0.5, 0.6) is 0 Å². The number of benzene rings is 1. The van der Waals surface area contributed by atoms with Crippen molar-refractivity contribution in [3.8, 4) is 0 Å². The van der Waals surface area contributed by atoms with Gasteiger partial charge in [0.25, 0.3) is 0 Å². The summed E-state index contributed by atoms with van der Waals surface area (Å²) < 4.78 is 24.6. The predicted molar refractivity (Wildman–Crippen MR) is 112 cm³/mol. The third kappa shape index (κ3) is 4.73. The fourth-order valence-corrected chi connectivity index (χ4v) is 4.89. The average molecular weight is 405 g/mol. The Balaban J connectivity index is 1.40. The second-order valence-corrected chi connectivity index (χ2v) is 8.34. The van der Waals surface area contributed by atoms with Gasteiger partial charge in [-0.1, -0.05) is 12.1 Å². The zero-order chi connectivity index (χ0) is 20.1. The summed E-state index contributed by atoms with van der Waals surface area (Å²) in [6.07, 6.45) is 3.02. The second-order valence-electron chi connectivity index (χ2n) is 8.34. The van der Waals surface area contributed by atoms with Gasteiger partial charge in [-0.05, 0) is 37.0 Å². The van der Waals surface area contributed by atoms with Gasteiger partial charge in [-0.15, -0.1) is 0 Å². The van der Waals surface area contributed by atoms with Gasteiger partial charge in [0, 0.05) is 64.4 Å². The summed E-state index contributed by atoms with van der Waals surface area (Å²) in [4.78, 5) is 9.49. The predicted octanol–water partition coefficient (Wildman–Crippen LogP) is 1.86. The lowest BCUT2D eigenvalue weighted by molar-refractivity contribution is 0.0194. The van der Waals surface area contributed by atoms with E-state index in [1.807, 2.05) is 19.2 Å². The number of guanidine groups is 1. The molecule has 0 aliphatic carbocycles. The molecule has 3 aliphatic rings. The van der Waals surface area contributed by atoms with E-state index in [1.54, 1.807) is 12.1 Å². The number of ether oxygens (including phenoxy) is 2. The van der Waals surface area contributed by atoms with Crippen LogP contribution in [0, 0.1) is 5.82 Å². The maximum Gasteiger partial charge on any atom is 0.193 e. The molecule has 29 heavy (non-hydrogen) atoms. The van der Waals surface area contributed by atoms with Gasteiger partial charge in [0.05, 0.1) is 13.2 Å². The molecule has 160 valence electrons. The van der Waals surface area contributed by atoms with E-state index < -0.39 is 0 Å². The first kappa shape index (κ1) is 20.6. The van der Waals surface area contributed by atoms with Gasteiger partial charge in [-0.2, -0.15) is 0 Å². The molecule has 3 saturated heterocycles. The zero-order valence-corrected chi connectivity index (χ0v) is 17.4. The average Bonchev–Trinajstić information content (AvgIpc) is 3.26. The molecule has 1 unspecified atom stereocenters. The summed E-state index contributed by atoms with van der Waals surface area (Å²) in [5, 5.41) is 3.64. The largest absolute Gasteiger partial charge is 0.381 e. The fourth-order valence-electron chi connectivity index (χ4n) is 4.89. The standard InChI is InChI=1S/C22H33FN4O2/c1-24-21(27-9-6-20(16-27)26-10-14-29-15-11-26)25-17-22(7-12-28-13-8-22)18-2-4-19(23)5-3-18/h2-5,20H,6-17H2,1H3,(H,24,25). The molecular weight excluding hydrogens is 371 g/mol. The van der Waals surface area contributed by atoms with E-state index in [2.05, 4.69) is 20.1 Å². The number of likely N-dealkylation sites (tertiary alicyclic amines) is 1. The molecule has 0 amide bonds. The normalized spacial score (nSPS) is 25.9. The third-order valence-electron chi connectivity index (χ3n) is 6.73. The smallest absolute Gasteiger partial charge is 0.193 e. The number of nitrogens with one attached hydrogen (secondary N) is 1. The molecule has 0 aromatic heterocycles. The Kier molecular flexibility index (Phi) is 6.67. The number of nitrogens with zero attached hydrogens (tertiary/aromatic N) is 3. The van der Waals surface area contributed by atoms with Crippen molar-refractivity contribution in [2.24, 2.45) is 4.99 Å². The highest BCUT2D eigenvalue weighted by Crippen LogP contribution is 2.34. The van der Waals surface area contributed by atoms with E-state index in [4.69, 9.17) is 9.47 Å². The zero-order valence-electron chi connectivity index (χ0n) is 17.4. The number of halogens is 1. The second kappa shape index (κ2) is 9.41. The van der Waals surface area contributed by atoms with Crippen molar-refractivity contribution in [3.63, 3.8) is 0 Å². The van der Waals surface area contributed by atoms with Crippen LogP contribution in [-0.4, -0.2) is 88.0 Å². The lowest BCUT2D eigenvalue weighted by atomic mass is 9.74. The molecule has 3 aliphatic heterocycles. The summed E-state index contributed by atoms with van der Waals surface area (Å²) in [5.41, 5.74) is 1.13. The van der Waals surface area contributed by atoms with Crippen molar-refractivity contribution < 1.29 is 13.9 Å². The molecule has 0 spiro atoms. The number of hydrogen-bond acceptors (Lipinski definition) is 4. The Hall–Kier alpha value is -1.70. The van der Waals surface area contributed by atoms with Gasteiger partial charge in [0.2, 0.25) is 0 Å². The Bertz CT molecular complexity index is 685. The van der Waals surface area contributed by atoms with E-state index in [0.717, 1.165) is 84.4 Å². The molecule has 1 N–H and O–H groups in total. The topological polar surface area (TPSA) is 49.3 Å². The summed E-state index contributed by atoms with van der Waals surface area (Å²) in [7, 11) is 1.86. The van der Waals surface area contributed by atoms with Crippen LogP contribution in [0.1, 0.15) is 24.8 Å². The molecular formula is C22H33FN4O2. The Morgan fingerprint density at radius 2 is 1.79 bits per heavy atom. The van der Waals surface area contributed by atoms with Gasteiger partial charge in [0.15, 0.2) is 5.96 Å². The molecule has 0 radical (unpaired) electrons. The van der Waals surface area contributed by atoms with E-state index in [-0.39, 0.29) is 11.2 Å². The minimum atomic E-state index is -0.189. The van der Waals surface area contributed by atoms with Gasteiger partial charge >= 0.3 is 0 Å². The van der Waals surface area contributed by atoms with Crippen LogP contribution in [0.25, 0.3) is 0 Å². The van der Waals surface area contributed by atoms with E-state index >= 15 is 0 Å². The first-order valence-corrected chi connectivity index (χ1v) is 10.8. The molecule has 3 fully saturated rings. The molecule has 3 heterocycles. The molecule has 0 bridgehead atoms. The van der Waals surface area contributed by atoms with Crippen LogP contribution in [0.2, 0.25) is 0 Å². The van der Waals surface area contributed by atoms with Crippen LogP contribution in [0.4, 0.5) is 4.39 Å². The van der Waals surface area contributed by atoms with E-state index in [1.165, 1.54) is 5.56 Å². The number of morpholine rings is 1. The number of rotatable bonds is 4. The van der Waals surface area contributed by atoms with Gasteiger partial charge < -0.3 is 19.7 Å². The molecule has 6 nitrogen and oxygen atoms in total. The molecule has 0 saturated carbocycles. The van der Waals surface area contributed by atoms with Gasteiger partial charge in [-0.25, -0.2) is 4.39 Å². The van der Waals surface area contributed by atoms with Crippen LogP contribution in [0.3, 0.4) is 0 Å². The van der Waals surface area contributed by atoms with Crippen molar-refractivity contribution in [2.75, 3.05) is 66.2 Å². The Morgan fingerprint density at radius 3 is 2.48 bits per heavy atom. The summed E-state index contributed by atoms with van der Waals surface area (Å²) in [6.45, 7) is 8.02. The summed E-state index contributed by atoms with van der Waals surface area (Å²) in [5.74, 6) is 0.777. The fraction of sp³-hybridized carbons (Fsp3) is 0.682. The number of aliphatic imine (C=N–C) groups is 1. The first-order valence-electron chi connectivity index (χ1n) is 10.8. The van der Waals surface area contributed by atoms with E-state index in [0.29, 0.717) is 6.04 Å². The van der Waals surface area contributed by atoms with Crippen LogP contribution < -0.4 is 5.32 Å². The lowest BCUT2D eigenvalue weighted by Crippen LogP contribution is -2.50. The first-order chi connectivity index (χ1) is 14.2. The van der Waals surface area contributed by atoms with Crippen LogP contribution in [-0.2, 0) is 14.9 Å². The minimum Gasteiger partial charge on any atom is -0.381 e. The maximum atomic E-state index is 13.5. The Labute approximate surface area is 173 Å². The molecule has 4 rings (SSSR count). The Morgan fingerprint density at radius 1 is 1.10 bits per heavy atom. The molecule has 1 aromatic rings. The van der Waals surface area contributed by atoms with Crippen molar-refractivity contribution >= 4 is 5.96 Å². The molecule has 7 heteroatoms.